The Morgan fingerprint density at radius 3 is 2.21 bits per heavy atom. The molecule has 0 heterocycles. The first-order valence-corrected chi connectivity index (χ1v) is 7.72. The molecule has 0 aliphatic heterocycles. The molecule has 0 atom stereocenters. The van der Waals surface area contributed by atoms with Gasteiger partial charge in [-0.2, -0.15) is 0 Å². The molecule has 0 fully saturated rings. The number of rotatable bonds is 5. The zero-order valence-electron chi connectivity index (χ0n) is 14.1. The van der Waals surface area contributed by atoms with E-state index < -0.39 is 0 Å². The molecule has 0 spiro atoms. The first kappa shape index (κ1) is 31.0. The van der Waals surface area contributed by atoms with Gasteiger partial charge in [0.15, 0.2) is 0 Å². The summed E-state index contributed by atoms with van der Waals surface area (Å²) in [7, 11) is 0. The summed E-state index contributed by atoms with van der Waals surface area (Å²) in [4.78, 5) is 10.3. The minimum absolute atomic E-state index is 0. The van der Waals surface area contributed by atoms with Crippen molar-refractivity contribution in [1.82, 2.24) is 0 Å². The van der Waals surface area contributed by atoms with E-state index in [4.69, 9.17) is 0 Å². The second-order valence-corrected chi connectivity index (χ2v) is 6.58. The normalized spacial score (nSPS) is 18.0. The van der Waals surface area contributed by atoms with E-state index in [1.807, 2.05) is 19.1 Å². The van der Waals surface area contributed by atoms with Crippen molar-refractivity contribution < 1.29 is 4.79 Å². The van der Waals surface area contributed by atoms with Crippen LogP contribution in [0.3, 0.4) is 0 Å². The molecule has 1 aliphatic rings. The fourth-order valence-corrected chi connectivity index (χ4v) is 2.80. The van der Waals surface area contributed by atoms with Gasteiger partial charge in [-0.3, -0.25) is 4.79 Å². The van der Waals surface area contributed by atoms with E-state index in [0.717, 1.165) is 11.9 Å². The van der Waals surface area contributed by atoms with Gasteiger partial charge in [0.2, 0.25) is 0 Å². The van der Waals surface area contributed by atoms with Crippen LogP contribution in [0.25, 0.3) is 0 Å². The fraction of sp³-hybridized carbons (Fsp3) is 0.450. The van der Waals surface area contributed by atoms with E-state index in [2.05, 4.69) is 45.9 Å². The number of carbonyl (C=O) groups excluding carboxylic acids is 1. The summed E-state index contributed by atoms with van der Waals surface area (Å²) >= 11 is 0. The molecule has 122 valence electrons. The summed E-state index contributed by atoms with van der Waals surface area (Å²) < 4.78 is 0. The molecule has 0 N–H and O–H groups in total. The van der Waals surface area contributed by atoms with Crippen LogP contribution < -0.4 is 0 Å². The topological polar surface area (TPSA) is 17.1 Å². The molecule has 0 saturated carbocycles. The van der Waals surface area contributed by atoms with Crippen LogP contribution in [0.2, 0.25) is 0 Å². The third-order valence-electron chi connectivity index (χ3n) is 4.10. The minimum atomic E-state index is 0. The molecule has 4 heteroatoms. The van der Waals surface area contributed by atoms with Crippen LogP contribution in [-0.2, 0) is 4.79 Å². The van der Waals surface area contributed by atoms with Crippen molar-refractivity contribution in [3.8, 4) is 0 Å². The van der Waals surface area contributed by atoms with Gasteiger partial charge < -0.3 is 0 Å². The number of hydrogen-bond donors (Lipinski definition) is 0. The van der Waals surface area contributed by atoms with E-state index >= 15 is 0 Å². The van der Waals surface area contributed by atoms with Gasteiger partial charge in [0, 0.05) is 0 Å². The Kier molecular flexibility index (Phi) is 21.0. The number of allylic oxidation sites excluding steroid dienone is 10. The van der Waals surface area contributed by atoms with E-state index in [1.165, 1.54) is 36.0 Å². The quantitative estimate of drug-likeness (QED) is 0.304. The van der Waals surface area contributed by atoms with Gasteiger partial charge in [0.25, 0.3) is 0 Å². The van der Waals surface area contributed by atoms with Crippen molar-refractivity contribution in [1.29, 1.82) is 0 Å². The fourth-order valence-electron chi connectivity index (χ4n) is 2.80. The third-order valence-corrected chi connectivity index (χ3v) is 4.10. The van der Waals surface area contributed by atoms with Crippen LogP contribution in [0.1, 0.15) is 53.9 Å². The standard InChI is InChI=1S/C20H28O.Ca.K.Na.4H/c1-16(8-6-9-17(2)13-15-21)11-12-19-18(3)10-7-14-20(19,4)5;;;;;;;/h6,8-9,11-13,15H,7,10,14H2,1-5H3;;;;;;;. The summed E-state index contributed by atoms with van der Waals surface area (Å²) in [5.74, 6) is 0. The van der Waals surface area contributed by atoms with Crippen molar-refractivity contribution in [2.45, 2.75) is 53.9 Å². The molecule has 1 rings (SSSR count). The van der Waals surface area contributed by atoms with Crippen molar-refractivity contribution >= 4 is 125 Å². The summed E-state index contributed by atoms with van der Waals surface area (Å²) in [6, 6.07) is 0. The molecule has 0 saturated heterocycles. The molecule has 0 aromatic carbocycles. The van der Waals surface area contributed by atoms with E-state index in [0.29, 0.717) is 0 Å². The van der Waals surface area contributed by atoms with Gasteiger partial charge >= 0.3 is 119 Å². The predicted molar refractivity (Wildman–Crippen MR) is 115 cm³/mol. The maximum atomic E-state index is 10.3. The Bertz CT molecular complexity index is 540. The molecular weight excluding hydrogens is 358 g/mol. The van der Waals surface area contributed by atoms with Crippen LogP contribution in [0.5, 0.6) is 0 Å². The average Bonchev–Trinajstić information content (AvgIpc) is 2.37. The van der Waals surface area contributed by atoms with E-state index in [9.17, 15) is 4.79 Å². The Labute approximate surface area is 243 Å². The second-order valence-electron chi connectivity index (χ2n) is 6.58. The molecule has 24 heavy (non-hydrogen) atoms. The molecule has 0 radical (unpaired) electrons. The van der Waals surface area contributed by atoms with Gasteiger partial charge in [-0.25, -0.2) is 0 Å². The molecule has 1 aliphatic carbocycles. The SMILES string of the molecule is CC(C=CC=C(C)C=CC1=C(C)CCCC1(C)C)=CC=O.[CaH2].[KH].[NaH]. The molecule has 0 bridgehead atoms. The van der Waals surface area contributed by atoms with Crippen LogP contribution in [0, 0.1) is 5.41 Å². The van der Waals surface area contributed by atoms with Crippen LogP contribution >= 0.6 is 0 Å². The molecule has 0 amide bonds. The monoisotopic (exact) mass is 390 g/mol. The average molecular weight is 391 g/mol. The first-order valence-electron chi connectivity index (χ1n) is 7.72. The summed E-state index contributed by atoms with van der Waals surface area (Å²) in [5, 5.41) is 0. The summed E-state index contributed by atoms with van der Waals surface area (Å²) in [6.07, 6.45) is 16.6. The zero-order valence-corrected chi connectivity index (χ0v) is 14.1. The summed E-state index contributed by atoms with van der Waals surface area (Å²) in [5.41, 5.74) is 5.48. The van der Waals surface area contributed by atoms with Gasteiger partial charge in [0.1, 0.15) is 6.29 Å². The molecule has 1 nitrogen and oxygen atoms in total. The Balaban J connectivity index is -0.00000147. The Morgan fingerprint density at radius 2 is 1.67 bits per heavy atom. The van der Waals surface area contributed by atoms with E-state index in [-0.39, 0.29) is 124 Å². The van der Waals surface area contributed by atoms with Crippen molar-refractivity contribution in [2.75, 3.05) is 0 Å². The first-order chi connectivity index (χ1) is 9.86. The maximum absolute atomic E-state index is 10.3. The Morgan fingerprint density at radius 1 is 1.08 bits per heavy atom. The molecule has 0 aromatic heterocycles. The molecule has 0 aromatic rings. The second kappa shape index (κ2) is 16.2. The number of carbonyl (C=O) groups is 1. The molecular formula is C20H32CaKNaO. The van der Waals surface area contributed by atoms with Crippen molar-refractivity contribution in [3.05, 3.63) is 58.7 Å². The van der Waals surface area contributed by atoms with Gasteiger partial charge in [-0.1, -0.05) is 55.4 Å². The predicted octanol–water partition coefficient (Wildman–Crippen LogP) is 3.50. The van der Waals surface area contributed by atoms with Crippen LogP contribution in [0.4, 0.5) is 0 Å². The Hall–Kier alpha value is 2.27. The van der Waals surface area contributed by atoms with Crippen molar-refractivity contribution in [2.24, 2.45) is 5.41 Å². The van der Waals surface area contributed by atoms with Crippen LogP contribution in [-0.4, -0.2) is 125 Å². The summed E-state index contributed by atoms with van der Waals surface area (Å²) in [6.45, 7) is 10.9. The third kappa shape index (κ3) is 11.9. The van der Waals surface area contributed by atoms with Gasteiger partial charge in [-0.05, 0) is 62.7 Å². The van der Waals surface area contributed by atoms with Gasteiger partial charge in [0.05, 0.1) is 0 Å². The number of aldehydes is 1. The van der Waals surface area contributed by atoms with E-state index in [1.54, 1.807) is 6.08 Å². The van der Waals surface area contributed by atoms with Gasteiger partial charge in [-0.15, -0.1) is 0 Å². The number of hydrogen-bond acceptors (Lipinski definition) is 1. The van der Waals surface area contributed by atoms with Crippen molar-refractivity contribution in [3.63, 3.8) is 0 Å². The zero-order chi connectivity index (χ0) is 15.9. The van der Waals surface area contributed by atoms with Crippen LogP contribution in [0.15, 0.2) is 58.7 Å². The molecule has 0 unspecified atom stereocenters.